The van der Waals surface area contributed by atoms with E-state index in [0.29, 0.717) is 31.7 Å². The molecule has 0 aromatic heterocycles. The Morgan fingerprint density at radius 2 is 1.45 bits per heavy atom. The van der Waals surface area contributed by atoms with E-state index in [1.54, 1.807) is 11.9 Å². The highest BCUT2D eigenvalue weighted by Gasteiger charge is 2.70. The van der Waals surface area contributed by atoms with E-state index in [1.165, 1.54) is 4.31 Å². The van der Waals surface area contributed by atoms with Crippen molar-refractivity contribution >= 4 is 39.6 Å². The average Bonchev–Trinajstić information content (AvgIpc) is 4.07. The minimum absolute atomic E-state index is 0.0113. The smallest absolute Gasteiger partial charge is 0.315 e. The minimum Gasteiger partial charge on any atom is -0.347 e. The number of hydrogen-bond acceptors (Lipinski definition) is 7. The summed E-state index contributed by atoms with van der Waals surface area (Å²) in [4.78, 5) is 71.7. The Morgan fingerprint density at radius 1 is 0.855 bits per heavy atom. The van der Waals surface area contributed by atoms with Gasteiger partial charge in [0.1, 0.15) is 12.1 Å². The van der Waals surface area contributed by atoms with Gasteiger partial charge in [-0.15, -0.1) is 0 Å². The van der Waals surface area contributed by atoms with Gasteiger partial charge in [0.15, 0.2) is 0 Å². The number of Topliss-reactive ketones (excluding diaryl/α,β-unsaturated/α-hetero) is 1. The number of carbonyl (C=O) groups is 5. The highest BCUT2D eigenvalue weighted by Crippen LogP contribution is 2.65. The lowest BCUT2D eigenvalue weighted by atomic mass is 9.70. The van der Waals surface area contributed by atoms with Crippen LogP contribution in [0, 0.1) is 28.6 Å². The predicted molar refractivity (Wildman–Crippen MR) is 210 cm³/mol. The summed E-state index contributed by atoms with van der Waals surface area (Å²) in [7, 11) is -2.17. The number of hydrogen-bond donors (Lipinski definition) is 4. The summed E-state index contributed by atoms with van der Waals surface area (Å²) in [6.45, 7) is 12.1. The molecule has 6 rings (SSSR count). The van der Waals surface area contributed by atoms with Crippen LogP contribution in [-0.2, 0) is 29.2 Å². The molecule has 1 heterocycles. The molecule has 5 aliphatic carbocycles. The van der Waals surface area contributed by atoms with Crippen LogP contribution in [0.25, 0.3) is 0 Å². The summed E-state index contributed by atoms with van der Waals surface area (Å²) in [5.41, 5.74) is -2.40. The summed E-state index contributed by atoms with van der Waals surface area (Å²) >= 11 is 0. The molecule has 5 atom stereocenters. The Labute approximate surface area is 329 Å². The number of rotatable bonds is 15. The van der Waals surface area contributed by atoms with Gasteiger partial charge in [-0.1, -0.05) is 72.1 Å². The van der Waals surface area contributed by atoms with Crippen molar-refractivity contribution in [1.29, 1.82) is 0 Å². The van der Waals surface area contributed by atoms with Crippen molar-refractivity contribution in [2.45, 2.75) is 180 Å². The number of urea groups is 1. The molecule has 0 spiro atoms. The Balaban J connectivity index is 1.23. The molecule has 13 nitrogen and oxygen atoms in total. The van der Waals surface area contributed by atoms with Crippen LogP contribution in [0.2, 0.25) is 0 Å². The zero-order valence-corrected chi connectivity index (χ0v) is 35.2. The van der Waals surface area contributed by atoms with Gasteiger partial charge in [-0.05, 0) is 101 Å². The first-order valence-electron chi connectivity index (χ1n) is 21.2. The fraction of sp³-hybridized carbons (Fsp3) is 0.878. The van der Waals surface area contributed by atoms with Gasteiger partial charge in [0.25, 0.3) is 5.91 Å². The molecule has 14 heteroatoms. The van der Waals surface area contributed by atoms with Crippen molar-refractivity contribution in [1.82, 2.24) is 30.5 Å². The van der Waals surface area contributed by atoms with E-state index >= 15 is 4.79 Å². The lowest BCUT2D eigenvalue weighted by Crippen LogP contribution is -2.65. The number of sulfonamides is 1. The summed E-state index contributed by atoms with van der Waals surface area (Å²) in [5, 5.41) is 11.9. The molecule has 310 valence electrons. The lowest BCUT2D eigenvalue weighted by molar-refractivity contribution is -0.146. The average molecular weight is 789 g/mol. The molecule has 6 aliphatic rings. The second kappa shape index (κ2) is 15.5. The Bertz CT molecular complexity index is 1600. The normalized spacial score (nSPS) is 28.0. The molecule has 0 bridgehead atoms. The predicted octanol–water partition coefficient (Wildman–Crippen LogP) is 4.39. The maximum atomic E-state index is 15.0. The van der Waals surface area contributed by atoms with Gasteiger partial charge in [-0.25, -0.2) is 13.2 Å². The molecule has 55 heavy (non-hydrogen) atoms. The first kappa shape index (κ1) is 41.9. The van der Waals surface area contributed by atoms with Crippen molar-refractivity contribution in [3.05, 3.63) is 0 Å². The van der Waals surface area contributed by atoms with Crippen molar-refractivity contribution in [3.8, 4) is 0 Å². The third-order valence-electron chi connectivity index (χ3n) is 14.3. The van der Waals surface area contributed by atoms with Gasteiger partial charge in [0, 0.05) is 25.2 Å². The van der Waals surface area contributed by atoms with E-state index < -0.39 is 68.3 Å². The minimum atomic E-state index is -3.75. The van der Waals surface area contributed by atoms with Gasteiger partial charge < -0.3 is 26.2 Å². The van der Waals surface area contributed by atoms with Crippen LogP contribution in [0.4, 0.5) is 4.79 Å². The summed E-state index contributed by atoms with van der Waals surface area (Å²) in [5.74, 6) is -1.84. The number of piperidine rings is 1. The van der Waals surface area contributed by atoms with Gasteiger partial charge in [-0.2, -0.15) is 4.31 Å². The second-order valence-corrected chi connectivity index (χ2v) is 22.1. The van der Waals surface area contributed by atoms with Crippen molar-refractivity contribution in [2.24, 2.45) is 28.6 Å². The van der Waals surface area contributed by atoms with Crippen molar-refractivity contribution in [2.75, 3.05) is 19.3 Å². The van der Waals surface area contributed by atoms with Crippen LogP contribution in [0.5, 0.6) is 0 Å². The molecule has 5 saturated carbocycles. The van der Waals surface area contributed by atoms with Crippen LogP contribution >= 0.6 is 0 Å². The molecule has 5 amide bonds. The molecule has 6 fully saturated rings. The number of likely N-dealkylation sites (tertiary alicyclic amines) is 1. The maximum Gasteiger partial charge on any atom is 0.315 e. The quantitative estimate of drug-likeness (QED) is 0.178. The Morgan fingerprint density at radius 3 is 2.02 bits per heavy atom. The lowest BCUT2D eigenvalue weighted by Gasteiger charge is -2.44. The fourth-order valence-corrected chi connectivity index (χ4v) is 12.0. The van der Waals surface area contributed by atoms with E-state index in [-0.39, 0.29) is 35.0 Å². The molecule has 0 radical (unpaired) electrons. The largest absolute Gasteiger partial charge is 0.347 e. The number of ketones is 1. The third-order valence-corrected chi connectivity index (χ3v) is 16.6. The number of fused-ring (bicyclic) bond motifs is 1. The van der Waals surface area contributed by atoms with Crippen LogP contribution in [-0.4, -0.2) is 102 Å². The van der Waals surface area contributed by atoms with E-state index in [0.717, 1.165) is 83.5 Å². The summed E-state index contributed by atoms with van der Waals surface area (Å²) in [6.07, 6.45) is 12.8. The van der Waals surface area contributed by atoms with E-state index in [1.807, 2.05) is 27.7 Å². The SMILES string of the molecule is CN(C(C)(C)C)S(=O)(=O)CC1(NC(=O)N[C@H](C(=O)N2C[C@H]3[C@@H]([C@H]2C(=O)N[C@@H](CCC2CC2)C(=O)C(=O)NC2CC2)C3(C)C)C2(C)CCCCC2)CCCCC1. The van der Waals surface area contributed by atoms with Crippen LogP contribution in [0.3, 0.4) is 0 Å². The van der Waals surface area contributed by atoms with Crippen LogP contribution in [0.1, 0.15) is 144 Å². The van der Waals surface area contributed by atoms with Crippen LogP contribution in [0.15, 0.2) is 0 Å². The van der Waals surface area contributed by atoms with Gasteiger partial charge in [0.2, 0.25) is 27.6 Å². The molecule has 0 unspecified atom stereocenters. The van der Waals surface area contributed by atoms with Gasteiger partial charge in [0.05, 0.1) is 17.3 Å². The van der Waals surface area contributed by atoms with Crippen molar-refractivity contribution in [3.63, 3.8) is 0 Å². The topological polar surface area (TPSA) is 174 Å². The molecular formula is C41H68N6O7S. The first-order valence-corrected chi connectivity index (χ1v) is 22.8. The molecule has 1 saturated heterocycles. The second-order valence-electron chi connectivity index (χ2n) is 20.1. The number of carbonyl (C=O) groups excluding carboxylic acids is 5. The monoisotopic (exact) mass is 788 g/mol. The molecule has 4 N–H and O–H groups in total. The highest BCUT2D eigenvalue weighted by atomic mass is 32.2. The third kappa shape index (κ3) is 9.36. The Hall–Kier alpha value is -2.74. The first-order chi connectivity index (χ1) is 25.7. The zero-order chi connectivity index (χ0) is 40.1. The van der Waals surface area contributed by atoms with Gasteiger partial charge >= 0.3 is 6.03 Å². The number of nitrogens with one attached hydrogen (secondary N) is 4. The molecule has 0 aromatic rings. The summed E-state index contributed by atoms with van der Waals surface area (Å²) in [6, 6.07) is -3.33. The molecular weight excluding hydrogens is 721 g/mol. The summed E-state index contributed by atoms with van der Waals surface area (Å²) < 4.78 is 28.8. The van der Waals surface area contributed by atoms with Crippen LogP contribution < -0.4 is 21.3 Å². The molecule has 0 aromatic carbocycles. The fourth-order valence-electron chi connectivity index (χ4n) is 9.94. The van der Waals surface area contributed by atoms with E-state index in [4.69, 9.17) is 0 Å². The van der Waals surface area contributed by atoms with Crippen molar-refractivity contribution < 1.29 is 32.4 Å². The maximum absolute atomic E-state index is 15.0. The number of amides is 5. The van der Waals surface area contributed by atoms with E-state index in [2.05, 4.69) is 35.1 Å². The zero-order valence-electron chi connectivity index (χ0n) is 34.4. The standard InChI is InChI=1S/C41H68N6O7S/c1-38(2,3)46(7)55(53,54)25-41(22-12-9-13-23-41)45-37(52)44-33(40(6)20-10-8-11-21-40)36(51)47-24-28-30(39(28,4)5)31(47)34(49)43-29(19-16-26-14-15-26)32(48)35(50)42-27-17-18-27/h26-31,33H,8-25H2,1-7H3,(H,42,50)(H,43,49)(H2,44,45,52)/t28-,29-,30-,31-,33+/m0/s1. The van der Waals surface area contributed by atoms with Gasteiger partial charge in [-0.3, -0.25) is 19.2 Å². The Kier molecular flexibility index (Phi) is 11.8. The number of nitrogens with zero attached hydrogens (tertiary/aromatic N) is 2. The molecule has 1 aliphatic heterocycles. The highest BCUT2D eigenvalue weighted by molar-refractivity contribution is 7.89. The van der Waals surface area contributed by atoms with E-state index in [9.17, 15) is 27.6 Å².